The van der Waals surface area contributed by atoms with E-state index in [0.717, 1.165) is 13.1 Å². The van der Waals surface area contributed by atoms with Gasteiger partial charge in [0, 0.05) is 25.2 Å². The molecule has 0 aliphatic heterocycles. The third-order valence-corrected chi connectivity index (χ3v) is 3.86. The van der Waals surface area contributed by atoms with Gasteiger partial charge in [0.1, 0.15) is 0 Å². The summed E-state index contributed by atoms with van der Waals surface area (Å²) in [6.07, 6.45) is 0. The minimum atomic E-state index is 0.0729. The third-order valence-electron chi connectivity index (χ3n) is 3.86. The highest BCUT2D eigenvalue weighted by Gasteiger charge is 2.29. The Morgan fingerprint density at radius 3 is 1.71 bits per heavy atom. The summed E-state index contributed by atoms with van der Waals surface area (Å²) in [5, 5.41) is 0. The number of nitrogens with zero attached hydrogens (tertiary/aromatic N) is 1. The van der Waals surface area contributed by atoms with E-state index >= 15 is 0 Å². The zero-order valence-electron chi connectivity index (χ0n) is 14.7. The summed E-state index contributed by atoms with van der Waals surface area (Å²) in [6, 6.07) is 11.0. The van der Waals surface area contributed by atoms with Crippen LogP contribution in [-0.2, 0) is 0 Å². The molecule has 1 aromatic rings. The predicted molar refractivity (Wildman–Crippen MR) is 93.2 cm³/mol. The fourth-order valence-electron chi connectivity index (χ4n) is 3.19. The molecule has 2 atom stereocenters. The SMILES string of the molecule is CC(C)CN(CC(C)C)C(C(C)C)C(N)c1ccccc1. The first-order chi connectivity index (χ1) is 9.82. The Morgan fingerprint density at radius 2 is 1.33 bits per heavy atom. The van der Waals surface area contributed by atoms with E-state index in [1.165, 1.54) is 5.56 Å². The molecule has 0 bridgehead atoms. The van der Waals surface area contributed by atoms with Crippen molar-refractivity contribution < 1.29 is 0 Å². The molecule has 0 aliphatic rings. The van der Waals surface area contributed by atoms with Gasteiger partial charge in [0.05, 0.1) is 0 Å². The number of benzene rings is 1. The molecule has 0 radical (unpaired) electrons. The molecule has 1 aromatic carbocycles. The highest BCUT2D eigenvalue weighted by atomic mass is 15.2. The van der Waals surface area contributed by atoms with Crippen LogP contribution in [0.2, 0.25) is 0 Å². The van der Waals surface area contributed by atoms with Gasteiger partial charge in [-0.05, 0) is 23.3 Å². The van der Waals surface area contributed by atoms with E-state index in [1.807, 2.05) is 0 Å². The Hall–Kier alpha value is -0.860. The van der Waals surface area contributed by atoms with Crippen molar-refractivity contribution in [2.75, 3.05) is 13.1 Å². The van der Waals surface area contributed by atoms with Crippen molar-refractivity contribution >= 4 is 0 Å². The van der Waals surface area contributed by atoms with Gasteiger partial charge in [-0.15, -0.1) is 0 Å². The van der Waals surface area contributed by atoms with Crippen LogP contribution >= 0.6 is 0 Å². The summed E-state index contributed by atoms with van der Waals surface area (Å²) >= 11 is 0. The molecule has 120 valence electrons. The summed E-state index contributed by atoms with van der Waals surface area (Å²) in [5.74, 6) is 1.86. The average Bonchev–Trinajstić information content (AvgIpc) is 2.37. The van der Waals surface area contributed by atoms with Crippen LogP contribution in [0.5, 0.6) is 0 Å². The molecule has 2 heteroatoms. The van der Waals surface area contributed by atoms with Crippen LogP contribution < -0.4 is 5.73 Å². The van der Waals surface area contributed by atoms with Gasteiger partial charge >= 0.3 is 0 Å². The van der Waals surface area contributed by atoms with Gasteiger partial charge in [0.15, 0.2) is 0 Å². The number of nitrogens with two attached hydrogens (primary N) is 1. The molecule has 0 aromatic heterocycles. The molecule has 0 aliphatic carbocycles. The molecule has 0 saturated carbocycles. The van der Waals surface area contributed by atoms with E-state index in [0.29, 0.717) is 23.8 Å². The van der Waals surface area contributed by atoms with E-state index in [9.17, 15) is 0 Å². The van der Waals surface area contributed by atoms with Gasteiger partial charge < -0.3 is 5.73 Å². The van der Waals surface area contributed by atoms with E-state index in [2.05, 4.69) is 76.8 Å². The molecule has 1 rings (SSSR count). The molecule has 2 N–H and O–H groups in total. The van der Waals surface area contributed by atoms with Crippen LogP contribution in [0.4, 0.5) is 0 Å². The Kier molecular flexibility index (Phi) is 7.41. The van der Waals surface area contributed by atoms with Gasteiger partial charge in [0.2, 0.25) is 0 Å². The van der Waals surface area contributed by atoms with Crippen LogP contribution in [0, 0.1) is 17.8 Å². The average molecular weight is 290 g/mol. The predicted octanol–water partition coefficient (Wildman–Crippen LogP) is 4.33. The summed E-state index contributed by atoms with van der Waals surface area (Å²) in [4.78, 5) is 2.61. The first kappa shape index (κ1) is 18.2. The maximum absolute atomic E-state index is 6.65. The highest BCUT2D eigenvalue weighted by molar-refractivity contribution is 5.20. The molecule has 0 fully saturated rings. The lowest BCUT2D eigenvalue weighted by molar-refractivity contribution is 0.102. The normalized spacial score (nSPS) is 15.2. The van der Waals surface area contributed by atoms with Crippen molar-refractivity contribution in [3.63, 3.8) is 0 Å². The van der Waals surface area contributed by atoms with Crippen molar-refractivity contribution in [1.82, 2.24) is 4.90 Å². The van der Waals surface area contributed by atoms with Crippen molar-refractivity contribution in [2.45, 2.75) is 53.6 Å². The largest absolute Gasteiger partial charge is 0.323 e. The first-order valence-corrected chi connectivity index (χ1v) is 8.37. The maximum atomic E-state index is 6.65. The van der Waals surface area contributed by atoms with E-state index in [-0.39, 0.29) is 6.04 Å². The van der Waals surface area contributed by atoms with Gasteiger partial charge in [-0.1, -0.05) is 71.9 Å². The smallest absolute Gasteiger partial charge is 0.0455 e. The van der Waals surface area contributed by atoms with Gasteiger partial charge in [-0.3, -0.25) is 4.90 Å². The summed E-state index contributed by atoms with van der Waals surface area (Å²) in [6.45, 7) is 16.0. The first-order valence-electron chi connectivity index (χ1n) is 8.37. The summed E-state index contributed by atoms with van der Waals surface area (Å²) in [7, 11) is 0. The van der Waals surface area contributed by atoms with Gasteiger partial charge in [0.25, 0.3) is 0 Å². The maximum Gasteiger partial charge on any atom is 0.0455 e. The molecule has 0 saturated heterocycles. The molecule has 21 heavy (non-hydrogen) atoms. The van der Waals surface area contributed by atoms with Crippen LogP contribution in [0.1, 0.15) is 53.1 Å². The van der Waals surface area contributed by atoms with Crippen molar-refractivity contribution in [3.05, 3.63) is 35.9 Å². The third kappa shape index (κ3) is 5.80. The second-order valence-corrected chi connectivity index (χ2v) is 7.41. The number of hydrogen-bond acceptors (Lipinski definition) is 2. The Bertz CT molecular complexity index is 374. The van der Waals surface area contributed by atoms with Crippen LogP contribution in [0.25, 0.3) is 0 Å². The number of rotatable bonds is 8. The topological polar surface area (TPSA) is 29.3 Å². The lowest BCUT2D eigenvalue weighted by Gasteiger charge is -2.40. The highest BCUT2D eigenvalue weighted by Crippen LogP contribution is 2.26. The van der Waals surface area contributed by atoms with Crippen molar-refractivity contribution in [2.24, 2.45) is 23.5 Å². The fraction of sp³-hybridized carbons (Fsp3) is 0.684. The summed E-state index contributed by atoms with van der Waals surface area (Å²) in [5.41, 5.74) is 7.90. The van der Waals surface area contributed by atoms with Crippen LogP contribution in [-0.4, -0.2) is 24.0 Å². The minimum Gasteiger partial charge on any atom is -0.323 e. The van der Waals surface area contributed by atoms with Gasteiger partial charge in [-0.2, -0.15) is 0 Å². The summed E-state index contributed by atoms with van der Waals surface area (Å²) < 4.78 is 0. The molecule has 0 heterocycles. The van der Waals surface area contributed by atoms with Crippen LogP contribution in [0.15, 0.2) is 30.3 Å². The zero-order valence-corrected chi connectivity index (χ0v) is 14.7. The minimum absolute atomic E-state index is 0.0729. The van der Waals surface area contributed by atoms with E-state index < -0.39 is 0 Å². The van der Waals surface area contributed by atoms with E-state index in [4.69, 9.17) is 5.73 Å². The number of hydrogen-bond donors (Lipinski definition) is 1. The van der Waals surface area contributed by atoms with Crippen LogP contribution in [0.3, 0.4) is 0 Å². The fourth-order valence-corrected chi connectivity index (χ4v) is 3.19. The standard InChI is InChI=1S/C19H34N2/c1-14(2)12-21(13-15(3)4)19(16(5)6)18(20)17-10-8-7-9-11-17/h7-11,14-16,18-19H,12-13,20H2,1-6H3. The Morgan fingerprint density at radius 1 is 0.857 bits per heavy atom. The Labute approximate surface area is 131 Å². The van der Waals surface area contributed by atoms with E-state index in [1.54, 1.807) is 0 Å². The molecule has 2 unspecified atom stereocenters. The molecule has 0 amide bonds. The zero-order chi connectivity index (χ0) is 16.0. The lowest BCUT2D eigenvalue weighted by Crippen LogP contribution is -2.49. The molecule has 0 spiro atoms. The molecular formula is C19H34N2. The van der Waals surface area contributed by atoms with Crippen molar-refractivity contribution in [3.8, 4) is 0 Å². The monoisotopic (exact) mass is 290 g/mol. The molecular weight excluding hydrogens is 256 g/mol. The van der Waals surface area contributed by atoms with Gasteiger partial charge in [-0.25, -0.2) is 0 Å². The lowest BCUT2D eigenvalue weighted by atomic mass is 9.89. The second-order valence-electron chi connectivity index (χ2n) is 7.41. The quantitative estimate of drug-likeness (QED) is 0.772. The second kappa shape index (κ2) is 8.55. The van der Waals surface area contributed by atoms with Crippen molar-refractivity contribution in [1.29, 1.82) is 0 Å². The molecule has 2 nitrogen and oxygen atoms in total. The Balaban J connectivity index is 3.00.